The van der Waals surface area contributed by atoms with Crippen LogP contribution in [-0.2, 0) is 16.1 Å². The summed E-state index contributed by atoms with van der Waals surface area (Å²) in [6.45, 7) is 17.5. The maximum atomic E-state index is 12.1. The summed E-state index contributed by atoms with van der Waals surface area (Å²) in [5, 5.41) is 0. The van der Waals surface area contributed by atoms with E-state index in [1.807, 2.05) is 32.9 Å². The van der Waals surface area contributed by atoms with Gasteiger partial charge in [0.05, 0.1) is 25.4 Å². The van der Waals surface area contributed by atoms with E-state index in [1.165, 1.54) is 11.1 Å². The number of hydrogen-bond acceptors (Lipinski definition) is 3. The van der Waals surface area contributed by atoms with Crippen LogP contribution in [0, 0.1) is 13.8 Å². The molecule has 0 N–H and O–H groups in total. The fourth-order valence-electron chi connectivity index (χ4n) is 2.30. The first kappa shape index (κ1) is 20.2. The minimum Gasteiger partial charge on any atom is -0.462 e. The molecule has 0 fully saturated rings. The highest BCUT2D eigenvalue weighted by Gasteiger charge is 2.14. The predicted molar refractivity (Wildman–Crippen MR) is 99.3 cm³/mol. The Morgan fingerprint density at radius 1 is 1.12 bits per heavy atom. The number of carbonyl (C=O) groups is 1. The quantitative estimate of drug-likeness (QED) is 0.479. The Morgan fingerprint density at radius 2 is 1.75 bits per heavy atom. The van der Waals surface area contributed by atoms with Gasteiger partial charge in [0, 0.05) is 0 Å². The zero-order chi connectivity index (χ0) is 18.3. The molecular weight excluding hydrogens is 300 g/mol. The van der Waals surface area contributed by atoms with Crippen LogP contribution in [0.5, 0.6) is 0 Å². The summed E-state index contributed by atoms with van der Waals surface area (Å²) in [5.74, 6) is -0.293. The number of ether oxygens (including phenoxy) is 2. The Bertz CT molecular complexity index is 635. The van der Waals surface area contributed by atoms with E-state index < -0.39 is 0 Å². The molecule has 0 amide bonds. The van der Waals surface area contributed by atoms with E-state index >= 15 is 0 Å². The number of rotatable bonds is 8. The second-order valence-electron chi connectivity index (χ2n) is 6.51. The summed E-state index contributed by atoms with van der Waals surface area (Å²) in [6, 6.07) is 3.89. The van der Waals surface area contributed by atoms with Gasteiger partial charge in [0.25, 0.3) is 0 Å². The van der Waals surface area contributed by atoms with Crippen LogP contribution < -0.4 is 0 Å². The fourth-order valence-corrected chi connectivity index (χ4v) is 2.30. The number of benzene rings is 1. The fraction of sp³-hybridized carbons (Fsp3) is 0.476. The summed E-state index contributed by atoms with van der Waals surface area (Å²) in [7, 11) is 0. The molecule has 0 atom stereocenters. The van der Waals surface area contributed by atoms with E-state index in [-0.39, 0.29) is 5.97 Å². The number of aryl methyl sites for hydroxylation is 2. The maximum Gasteiger partial charge on any atom is 0.338 e. The van der Waals surface area contributed by atoms with Gasteiger partial charge in [-0.1, -0.05) is 23.8 Å². The van der Waals surface area contributed by atoms with Crippen molar-refractivity contribution in [2.45, 2.75) is 54.6 Å². The molecule has 0 aliphatic rings. The van der Waals surface area contributed by atoms with Gasteiger partial charge in [-0.3, -0.25) is 0 Å². The largest absolute Gasteiger partial charge is 0.462 e. The topological polar surface area (TPSA) is 35.5 Å². The van der Waals surface area contributed by atoms with Crippen molar-refractivity contribution in [3.63, 3.8) is 0 Å². The van der Waals surface area contributed by atoms with Gasteiger partial charge in [0.15, 0.2) is 0 Å². The van der Waals surface area contributed by atoms with Gasteiger partial charge in [-0.05, 0) is 76.3 Å². The smallest absolute Gasteiger partial charge is 0.338 e. The summed E-state index contributed by atoms with van der Waals surface area (Å²) >= 11 is 0. The third-order valence-corrected chi connectivity index (χ3v) is 4.15. The van der Waals surface area contributed by atoms with Crippen molar-refractivity contribution < 1.29 is 14.3 Å². The first-order valence-corrected chi connectivity index (χ1v) is 8.40. The Labute approximate surface area is 146 Å². The number of carbonyl (C=O) groups excluding carboxylic acids is 1. The molecule has 3 heteroatoms. The van der Waals surface area contributed by atoms with E-state index in [2.05, 4.69) is 27.4 Å². The molecule has 0 radical (unpaired) electrons. The van der Waals surface area contributed by atoms with Gasteiger partial charge in [-0.2, -0.15) is 0 Å². The number of esters is 1. The van der Waals surface area contributed by atoms with Crippen molar-refractivity contribution in [3.8, 4) is 0 Å². The van der Waals surface area contributed by atoms with Crippen LogP contribution in [0.2, 0.25) is 0 Å². The van der Waals surface area contributed by atoms with Crippen LogP contribution in [0.15, 0.2) is 35.4 Å². The molecule has 0 unspecified atom stereocenters. The normalized spacial score (nSPS) is 10.4. The van der Waals surface area contributed by atoms with Gasteiger partial charge in [0.2, 0.25) is 0 Å². The van der Waals surface area contributed by atoms with Crippen molar-refractivity contribution in [2.24, 2.45) is 0 Å². The summed E-state index contributed by atoms with van der Waals surface area (Å²) in [6.07, 6.45) is 0.847. The molecule has 0 aromatic heterocycles. The zero-order valence-electron chi connectivity index (χ0n) is 15.9. The minimum absolute atomic E-state index is 0.293. The van der Waals surface area contributed by atoms with E-state index in [0.29, 0.717) is 25.4 Å². The van der Waals surface area contributed by atoms with E-state index in [0.717, 1.165) is 28.7 Å². The monoisotopic (exact) mass is 330 g/mol. The third-order valence-electron chi connectivity index (χ3n) is 4.15. The molecule has 0 spiro atoms. The van der Waals surface area contributed by atoms with Crippen LogP contribution >= 0.6 is 0 Å². The number of hydrogen-bond donors (Lipinski definition) is 0. The highest BCUT2D eigenvalue weighted by Crippen LogP contribution is 2.19. The van der Waals surface area contributed by atoms with Gasteiger partial charge < -0.3 is 9.47 Å². The number of allylic oxidation sites excluding steroid dienone is 2. The standard InChI is InChI=1S/C21H30O3/c1-8-24-21(22)20-11-18(7)17(6)10-19(20)13-23-12-15(4)9-16(5)14(2)3/h10-11H,4,8-9,12-13H2,1-3,5-7H3. The molecule has 0 saturated heterocycles. The van der Waals surface area contributed by atoms with Crippen LogP contribution in [0.4, 0.5) is 0 Å². The zero-order valence-corrected chi connectivity index (χ0v) is 15.9. The lowest BCUT2D eigenvalue weighted by atomic mass is 10.0. The molecule has 0 saturated carbocycles. The predicted octanol–water partition coefficient (Wildman–Crippen LogP) is 5.30. The molecule has 1 aromatic carbocycles. The first-order valence-electron chi connectivity index (χ1n) is 8.40. The van der Waals surface area contributed by atoms with Crippen LogP contribution in [-0.4, -0.2) is 19.2 Å². The molecule has 3 nitrogen and oxygen atoms in total. The molecule has 0 aliphatic heterocycles. The van der Waals surface area contributed by atoms with Gasteiger partial charge >= 0.3 is 5.97 Å². The van der Waals surface area contributed by atoms with Crippen molar-refractivity contribution in [1.29, 1.82) is 0 Å². The molecular formula is C21H30O3. The highest BCUT2D eigenvalue weighted by molar-refractivity contribution is 5.91. The Morgan fingerprint density at radius 3 is 2.33 bits per heavy atom. The van der Waals surface area contributed by atoms with Crippen molar-refractivity contribution in [1.82, 2.24) is 0 Å². The summed E-state index contributed by atoms with van der Waals surface area (Å²) in [5.41, 5.74) is 7.34. The molecule has 132 valence electrons. The lowest BCUT2D eigenvalue weighted by molar-refractivity contribution is 0.0520. The van der Waals surface area contributed by atoms with E-state index in [4.69, 9.17) is 9.47 Å². The molecule has 24 heavy (non-hydrogen) atoms. The van der Waals surface area contributed by atoms with Crippen LogP contribution in [0.1, 0.15) is 61.2 Å². The summed E-state index contributed by atoms with van der Waals surface area (Å²) < 4.78 is 10.9. The molecule has 1 rings (SSSR count). The molecule has 0 aliphatic carbocycles. The van der Waals surface area contributed by atoms with Crippen molar-refractivity contribution >= 4 is 5.97 Å². The highest BCUT2D eigenvalue weighted by atomic mass is 16.5. The Kier molecular flexibility index (Phi) is 7.93. The second kappa shape index (κ2) is 9.43. The van der Waals surface area contributed by atoms with Gasteiger partial charge in [-0.25, -0.2) is 4.79 Å². The molecule has 1 aromatic rings. The lowest BCUT2D eigenvalue weighted by Gasteiger charge is -2.14. The first-order chi connectivity index (χ1) is 11.3. The van der Waals surface area contributed by atoms with Gasteiger partial charge in [-0.15, -0.1) is 0 Å². The second-order valence-corrected chi connectivity index (χ2v) is 6.51. The third kappa shape index (κ3) is 5.97. The molecule has 0 bridgehead atoms. The van der Waals surface area contributed by atoms with Crippen molar-refractivity contribution in [2.75, 3.05) is 13.2 Å². The van der Waals surface area contributed by atoms with Crippen molar-refractivity contribution in [3.05, 3.63) is 57.7 Å². The Balaban J connectivity index is 2.77. The molecule has 0 heterocycles. The lowest BCUT2D eigenvalue weighted by Crippen LogP contribution is -2.11. The van der Waals surface area contributed by atoms with E-state index in [1.54, 1.807) is 0 Å². The Hall–Kier alpha value is -1.87. The average molecular weight is 330 g/mol. The van der Waals surface area contributed by atoms with Gasteiger partial charge in [0.1, 0.15) is 0 Å². The van der Waals surface area contributed by atoms with Crippen LogP contribution in [0.25, 0.3) is 0 Å². The SMILES string of the molecule is C=C(COCc1cc(C)c(C)cc1C(=O)OCC)CC(C)=C(C)C. The maximum absolute atomic E-state index is 12.1. The van der Waals surface area contributed by atoms with E-state index in [9.17, 15) is 4.79 Å². The van der Waals surface area contributed by atoms with Crippen LogP contribution in [0.3, 0.4) is 0 Å². The summed E-state index contributed by atoms with van der Waals surface area (Å²) in [4.78, 5) is 12.1. The average Bonchev–Trinajstić information content (AvgIpc) is 2.50. The minimum atomic E-state index is -0.293.